The van der Waals surface area contributed by atoms with Crippen molar-refractivity contribution in [3.63, 3.8) is 0 Å². The van der Waals surface area contributed by atoms with Crippen LogP contribution in [0.15, 0.2) is 82.3 Å². The van der Waals surface area contributed by atoms with Gasteiger partial charge in [0.25, 0.3) is 10.0 Å². The van der Waals surface area contributed by atoms with E-state index in [4.69, 9.17) is 16.0 Å². The third kappa shape index (κ3) is 4.41. The van der Waals surface area contributed by atoms with Gasteiger partial charge in [0.1, 0.15) is 5.76 Å². The number of nitrogens with one attached hydrogen (secondary N) is 1. The van der Waals surface area contributed by atoms with E-state index in [0.29, 0.717) is 22.0 Å². The highest BCUT2D eigenvalue weighted by Crippen LogP contribution is 2.19. The Morgan fingerprint density at radius 2 is 1.69 bits per heavy atom. The number of furan rings is 1. The molecule has 7 heteroatoms. The molecular weight excluding hydrogens is 374 g/mol. The second-order valence-electron chi connectivity index (χ2n) is 5.35. The van der Waals surface area contributed by atoms with Crippen LogP contribution in [0, 0.1) is 0 Å². The Morgan fingerprint density at radius 3 is 2.31 bits per heavy atom. The zero-order valence-electron chi connectivity index (χ0n) is 13.4. The standard InChI is InChI=1S/C19H14ClNO4S/c20-15-5-10-18(11-6-15)26(23,24)21-16-7-3-14(4-8-16)19(22)12-9-17-2-1-13-25-17/h1-13,21H. The van der Waals surface area contributed by atoms with Gasteiger partial charge < -0.3 is 4.42 Å². The monoisotopic (exact) mass is 387 g/mol. The molecule has 0 radical (unpaired) electrons. The van der Waals surface area contributed by atoms with Crippen LogP contribution in [0.5, 0.6) is 0 Å². The van der Waals surface area contributed by atoms with Crippen molar-refractivity contribution in [3.8, 4) is 0 Å². The maximum Gasteiger partial charge on any atom is 0.261 e. The number of hydrogen-bond acceptors (Lipinski definition) is 4. The number of sulfonamides is 1. The van der Waals surface area contributed by atoms with E-state index in [0.717, 1.165) is 0 Å². The number of hydrogen-bond donors (Lipinski definition) is 1. The average Bonchev–Trinajstić information content (AvgIpc) is 3.14. The number of carbonyl (C=O) groups is 1. The second-order valence-corrected chi connectivity index (χ2v) is 7.47. The molecule has 1 aromatic heterocycles. The van der Waals surface area contributed by atoms with Crippen LogP contribution in [0.4, 0.5) is 5.69 Å². The third-order valence-electron chi connectivity index (χ3n) is 3.49. The number of carbonyl (C=O) groups excluding carboxylic acids is 1. The van der Waals surface area contributed by atoms with Crippen LogP contribution in [-0.2, 0) is 10.0 Å². The topological polar surface area (TPSA) is 76.4 Å². The largest absolute Gasteiger partial charge is 0.465 e. The minimum Gasteiger partial charge on any atom is -0.465 e. The average molecular weight is 388 g/mol. The summed E-state index contributed by atoms with van der Waals surface area (Å²) in [7, 11) is -3.72. The minimum atomic E-state index is -3.72. The molecule has 0 saturated carbocycles. The normalized spacial score (nSPS) is 11.6. The van der Waals surface area contributed by atoms with Crippen molar-refractivity contribution in [2.45, 2.75) is 4.90 Å². The summed E-state index contributed by atoms with van der Waals surface area (Å²) in [5, 5.41) is 0.453. The molecule has 0 unspecified atom stereocenters. The van der Waals surface area contributed by atoms with Crippen molar-refractivity contribution in [2.24, 2.45) is 0 Å². The number of halogens is 1. The maximum absolute atomic E-state index is 12.3. The Labute approximate surface area is 156 Å². The molecule has 0 saturated heterocycles. The van der Waals surface area contributed by atoms with Crippen LogP contribution in [0.2, 0.25) is 5.02 Å². The van der Waals surface area contributed by atoms with Gasteiger partial charge in [-0.05, 0) is 72.8 Å². The first-order chi connectivity index (χ1) is 12.4. The molecule has 3 rings (SSSR count). The first kappa shape index (κ1) is 18.0. The van der Waals surface area contributed by atoms with Gasteiger partial charge in [-0.25, -0.2) is 8.42 Å². The van der Waals surface area contributed by atoms with Gasteiger partial charge in [-0.1, -0.05) is 11.6 Å². The van der Waals surface area contributed by atoms with Gasteiger partial charge in [0.15, 0.2) is 5.78 Å². The first-order valence-corrected chi connectivity index (χ1v) is 9.44. The molecule has 3 aromatic rings. The molecule has 132 valence electrons. The number of benzene rings is 2. The van der Waals surface area contributed by atoms with Crippen LogP contribution in [-0.4, -0.2) is 14.2 Å². The lowest BCUT2D eigenvalue weighted by Gasteiger charge is -2.08. The van der Waals surface area contributed by atoms with E-state index in [1.165, 1.54) is 48.7 Å². The smallest absolute Gasteiger partial charge is 0.261 e. The fourth-order valence-corrected chi connectivity index (χ4v) is 3.36. The van der Waals surface area contributed by atoms with Crippen LogP contribution in [0.1, 0.15) is 16.1 Å². The molecule has 1 N–H and O–H groups in total. The van der Waals surface area contributed by atoms with Crippen molar-refractivity contribution >= 4 is 39.2 Å². The van der Waals surface area contributed by atoms with E-state index in [1.807, 2.05) is 0 Å². The lowest BCUT2D eigenvalue weighted by atomic mass is 10.1. The molecule has 0 aliphatic carbocycles. The zero-order chi connectivity index (χ0) is 18.6. The Kier molecular flexibility index (Phi) is 5.25. The quantitative estimate of drug-likeness (QED) is 0.494. The number of rotatable bonds is 6. The van der Waals surface area contributed by atoms with Crippen molar-refractivity contribution in [2.75, 3.05) is 4.72 Å². The summed E-state index contributed by atoms with van der Waals surface area (Å²) in [6.07, 6.45) is 4.48. The molecule has 2 aromatic carbocycles. The molecule has 0 spiro atoms. The fourth-order valence-electron chi connectivity index (χ4n) is 2.17. The second kappa shape index (κ2) is 7.59. The summed E-state index contributed by atoms with van der Waals surface area (Å²) in [6.45, 7) is 0. The SMILES string of the molecule is O=C(C=Cc1ccco1)c1ccc(NS(=O)(=O)c2ccc(Cl)cc2)cc1. The summed E-state index contributed by atoms with van der Waals surface area (Å²) < 4.78 is 32.2. The predicted molar refractivity (Wildman–Crippen MR) is 101 cm³/mol. The molecule has 0 aliphatic heterocycles. The van der Waals surface area contributed by atoms with Gasteiger partial charge in [0, 0.05) is 16.3 Å². The summed E-state index contributed by atoms with van der Waals surface area (Å²) in [6, 6.07) is 15.5. The number of allylic oxidation sites excluding steroid dienone is 1. The van der Waals surface area contributed by atoms with E-state index in [-0.39, 0.29) is 10.7 Å². The molecule has 0 aliphatic rings. The lowest BCUT2D eigenvalue weighted by molar-refractivity contribution is 0.104. The van der Waals surface area contributed by atoms with Gasteiger partial charge in [-0.15, -0.1) is 0 Å². The van der Waals surface area contributed by atoms with Crippen LogP contribution in [0.25, 0.3) is 6.08 Å². The predicted octanol–water partition coefficient (Wildman–Crippen LogP) is 4.63. The summed E-state index contributed by atoms with van der Waals surface area (Å²) in [5.74, 6) is 0.360. The molecule has 0 atom stereocenters. The highest BCUT2D eigenvalue weighted by atomic mass is 35.5. The van der Waals surface area contributed by atoms with E-state index in [9.17, 15) is 13.2 Å². The van der Waals surface area contributed by atoms with Crippen LogP contribution < -0.4 is 4.72 Å². The summed E-state index contributed by atoms with van der Waals surface area (Å²) >= 11 is 5.77. The third-order valence-corrected chi connectivity index (χ3v) is 5.14. The van der Waals surface area contributed by atoms with Crippen molar-refractivity contribution < 1.29 is 17.6 Å². The Balaban J connectivity index is 1.71. The minimum absolute atomic E-state index is 0.100. The first-order valence-electron chi connectivity index (χ1n) is 7.58. The van der Waals surface area contributed by atoms with Crippen LogP contribution >= 0.6 is 11.6 Å². The molecule has 26 heavy (non-hydrogen) atoms. The molecule has 0 amide bonds. The van der Waals surface area contributed by atoms with E-state index >= 15 is 0 Å². The summed E-state index contributed by atoms with van der Waals surface area (Å²) in [5.41, 5.74) is 0.786. The van der Waals surface area contributed by atoms with Crippen molar-refractivity contribution in [1.82, 2.24) is 0 Å². The molecule has 0 bridgehead atoms. The lowest BCUT2D eigenvalue weighted by Crippen LogP contribution is -2.12. The van der Waals surface area contributed by atoms with Crippen LogP contribution in [0.3, 0.4) is 0 Å². The molecule has 1 heterocycles. The number of ketones is 1. The molecule has 0 fully saturated rings. The number of anilines is 1. The maximum atomic E-state index is 12.3. The van der Waals surface area contributed by atoms with Gasteiger partial charge in [-0.2, -0.15) is 0 Å². The zero-order valence-corrected chi connectivity index (χ0v) is 15.0. The highest BCUT2D eigenvalue weighted by molar-refractivity contribution is 7.92. The van der Waals surface area contributed by atoms with Gasteiger partial charge in [-0.3, -0.25) is 9.52 Å². The highest BCUT2D eigenvalue weighted by Gasteiger charge is 2.14. The van der Waals surface area contributed by atoms with Crippen molar-refractivity contribution in [1.29, 1.82) is 0 Å². The molecular formula is C19H14ClNO4S. The van der Waals surface area contributed by atoms with Gasteiger partial charge in [0.2, 0.25) is 0 Å². The van der Waals surface area contributed by atoms with E-state index in [2.05, 4.69) is 4.72 Å². The van der Waals surface area contributed by atoms with Gasteiger partial charge >= 0.3 is 0 Å². The molecule has 5 nitrogen and oxygen atoms in total. The van der Waals surface area contributed by atoms with E-state index in [1.54, 1.807) is 30.3 Å². The van der Waals surface area contributed by atoms with Crippen molar-refractivity contribution in [3.05, 3.63) is 89.3 Å². The fraction of sp³-hybridized carbons (Fsp3) is 0. The Hall–Kier alpha value is -2.83. The Morgan fingerprint density at radius 1 is 1.00 bits per heavy atom. The van der Waals surface area contributed by atoms with E-state index < -0.39 is 10.0 Å². The summed E-state index contributed by atoms with van der Waals surface area (Å²) in [4.78, 5) is 12.2. The van der Waals surface area contributed by atoms with Gasteiger partial charge in [0.05, 0.1) is 11.2 Å². The Bertz CT molecular complexity index is 1020.